The molecule has 2 saturated heterocycles. The first-order valence-corrected chi connectivity index (χ1v) is 9.45. The molecule has 1 unspecified atom stereocenters. The van der Waals surface area contributed by atoms with E-state index in [0.717, 1.165) is 62.8 Å². The highest BCUT2D eigenvalue weighted by Gasteiger charge is 2.53. The molecule has 0 aromatic heterocycles. The summed E-state index contributed by atoms with van der Waals surface area (Å²) in [5.41, 5.74) is 0.847. The molecule has 0 N–H and O–H groups in total. The van der Waals surface area contributed by atoms with Gasteiger partial charge in [-0.3, -0.25) is 9.69 Å². The summed E-state index contributed by atoms with van der Waals surface area (Å²) < 4.78 is 5.73. The first kappa shape index (κ1) is 16.4. The number of carbonyl (C=O) groups excluding carboxylic acids is 1. The Kier molecular flexibility index (Phi) is 4.54. The molecular formula is C19H25ClN2O2. The fraction of sp³-hybridized carbons (Fsp3) is 0.632. The zero-order valence-corrected chi connectivity index (χ0v) is 14.8. The molecule has 4 nitrogen and oxygen atoms in total. The smallest absolute Gasteiger partial charge is 0.233 e. The number of ether oxygens (including phenoxy) is 1. The summed E-state index contributed by atoms with van der Waals surface area (Å²) in [6.07, 6.45) is 4.69. The lowest BCUT2D eigenvalue weighted by atomic mass is 9.94. The maximum absolute atomic E-state index is 13.1. The molecule has 5 heteroatoms. The lowest BCUT2D eigenvalue weighted by Gasteiger charge is -2.37. The van der Waals surface area contributed by atoms with Gasteiger partial charge in [0.1, 0.15) is 0 Å². The Morgan fingerprint density at radius 2 is 1.88 bits per heavy atom. The fourth-order valence-electron chi connectivity index (χ4n) is 4.03. The summed E-state index contributed by atoms with van der Waals surface area (Å²) >= 11 is 5.99. The van der Waals surface area contributed by atoms with E-state index in [1.807, 2.05) is 24.3 Å². The van der Waals surface area contributed by atoms with Crippen molar-refractivity contribution in [2.24, 2.45) is 0 Å². The van der Waals surface area contributed by atoms with E-state index in [1.165, 1.54) is 12.8 Å². The molecule has 1 aromatic carbocycles. The van der Waals surface area contributed by atoms with E-state index in [4.69, 9.17) is 16.3 Å². The van der Waals surface area contributed by atoms with Crippen molar-refractivity contribution in [3.63, 3.8) is 0 Å². The SMILES string of the molecule is O=C(N1CCN(CC2CCCO2)CC1)C1(c2ccc(Cl)cc2)CC1. The van der Waals surface area contributed by atoms with E-state index >= 15 is 0 Å². The molecule has 130 valence electrons. The van der Waals surface area contributed by atoms with E-state index in [9.17, 15) is 4.79 Å². The highest BCUT2D eigenvalue weighted by molar-refractivity contribution is 6.30. The Labute approximate surface area is 148 Å². The van der Waals surface area contributed by atoms with Crippen LogP contribution in [-0.2, 0) is 14.9 Å². The molecular weight excluding hydrogens is 324 g/mol. The molecule has 24 heavy (non-hydrogen) atoms. The molecule has 1 aromatic rings. The summed E-state index contributed by atoms with van der Waals surface area (Å²) in [7, 11) is 0. The Morgan fingerprint density at radius 3 is 2.46 bits per heavy atom. The van der Waals surface area contributed by atoms with Crippen molar-refractivity contribution in [1.29, 1.82) is 0 Å². The van der Waals surface area contributed by atoms with E-state index in [0.29, 0.717) is 12.0 Å². The van der Waals surface area contributed by atoms with Crippen LogP contribution in [0.5, 0.6) is 0 Å². The van der Waals surface area contributed by atoms with Gasteiger partial charge in [0.15, 0.2) is 0 Å². The van der Waals surface area contributed by atoms with Crippen LogP contribution in [0.1, 0.15) is 31.2 Å². The minimum Gasteiger partial charge on any atom is -0.377 e. The second-order valence-corrected chi connectivity index (χ2v) is 7.75. The van der Waals surface area contributed by atoms with Crippen LogP contribution in [0.4, 0.5) is 0 Å². The number of carbonyl (C=O) groups is 1. The second kappa shape index (κ2) is 6.66. The van der Waals surface area contributed by atoms with Gasteiger partial charge in [0, 0.05) is 44.4 Å². The molecule has 1 saturated carbocycles. The monoisotopic (exact) mass is 348 g/mol. The third-order valence-corrected chi connectivity index (χ3v) is 5.95. The molecule has 0 spiro atoms. The van der Waals surface area contributed by atoms with Crippen molar-refractivity contribution in [2.45, 2.75) is 37.2 Å². The predicted octanol–water partition coefficient (Wildman–Crippen LogP) is 2.69. The highest BCUT2D eigenvalue weighted by Crippen LogP contribution is 2.49. The minimum absolute atomic E-state index is 0.276. The maximum atomic E-state index is 13.1. The molecule has 1 aliphatic carbocycles. The van der Waals surface area contributed by atoms with Crippen molar-refractivity contribution in [2.75, 3.05) is 39.3 Å². The van der Waals surface area contributed by atoms with Gasteiger partial charge in [-0.05, 0) is 43.4 Å². The predicted molar refractivity (Wildman–Crippen MR) is 94.4 cm³/mol. The average molecular weight is 349 g/mol. The van der Waals surface area contributed by atoms with Gasteiger partial charge in [0.25, 0.3) is 0 Å². The van der Waals surface area contributed by atoms with Crippen LogP contribution < -0.4 is 0 Å². The van der Waals surface area contributed by atoms with E-state index in [2.05, 4.69) is 9.80 Å². The lowest BCUT2D eigenvalue weighted by Crippen LogP contribution is -2.52. The Bertz CT molecular complexity index is 586. The van der Waals surface area contributed by atoms with Gasteiger partial charge in [-0.1, -0.05) is 23.7 Å². The Balaban J connectivity index is 1.35. The van der Waals surface area contributed by atoms with Crippen LogP contribution in [0.2, 0.25) is 5.02 Å². The summed E-state index contributed by atoms with van der Waals surface area (Å²) in [4.78, 5) is 17.6. The molecule has 2 heterocycles. The lowest BCUT2D eigenvalue weighted by molar-refractivity contribution is -0.135. The first-order valence-electron chi connectivity index (χ1n) is 9.07. The summed E-state index contributed by atoms with van der Waals surface area (Å²) in [5, 5.41) is 0.727. The normalized spacial score (nSPS) is 26.5. The number of rotatable bonds is 4. The molecule has 1 atom stereocenters. The summed E-state index contributed by atoms with van der Waals surface area (Å²) in [6.45, 7) is 5.52. The quantitative estimate of drug-likeness (QED) is 0.838. The topological polar surface area (TPSA) is 32.8 Å². The number of piperazine rings is 1. The number of halogens is 1. The third-order valence-electron chi connectivity index (χ3n) is 5.70. The minimum atomic E-state index is -0.276. The zero-order valence-electron chi connectivity index (χ0n) is 14.0. The van der Waals surface area contributed by atoms with Gasteiger partial charge in [-0.2, -0.15) is 0 Å². The maximum Gasteiger partial charge on any atom is 0.233 e. The van der Waals surface area contributed by atoms with Gasteiger partial charge in [-0.25, -0.2) is 0 Å². The molecule has 0 bridgehead atoms. The largest absolute Gasteiger partial charge is 0.377 e. The molecule has 4 rings (SSSR count). The summed E-state index contributed by atoms with van der Waals surface area (Å²) in [6, 6.07) is 7.81. The molecule has 3 fully saturated rings. The standard InChI is InChI=1S/C19H25ClN2O2/c20-16-5-3-15(4-6-16)19(7-8-19)18(23)22-11-9-21(10-12-22)14-17-2-1-13-24-17/h3-6,17H,1-2,7-14H2. The fourth-order valence-corrected chi connectivity index (χ4v) is 4.16. The molecule has 2 aliphatic heterocycles. The zero-order chi connectivity index (χ0) is 16.6. The summed E-state index contributed by atoms with van der Waals surface area (Å²) in [5.74, 6) is 0.307. The van der Waals surface area contributed by atoms with Crippen LogP contribution in [0.15, 0.2) is 24.3 Å². The van der Waals surface area contributed by atoms with Crippen molar-refractivity contribution in [1.82, 2.24) is 9.80 Å². The first-order chi connectivity index (χ1) is 11.7. The van der Waals surface area contributed by atoms with Crippen molar-refractivity contribution in [3.8, 4) is 0 Å². The van der Waals surface area contributed by atoms with Gasteiger partial charge < -0.3 is 9.64 Å². The van der Waals surface area contributed by atoms with Gasteiger partial charge in [0.2, 0.25) is 5.91 Å². The van der Waals surface area contributed by atoms with Crippen LogP contribution in [0.3, 0.4) is 0 Å². The number of benzene rings is 1. The van der Waals surface area contributed by atoms with Crippen LogP contribution >= 0.6 is 11.6 Å². The molecule has 1 amide bonds. The number of nitrogens with zero attached hydrogens (tertiary/aromatic N) is 2. The average Bonchev–Trinajstić information content (AvgIpc) is 3.26. The van der Waals surface area contributed by atoms with Crippen LogP contribution in [-0.4, -0.2) is 61.1 Å². The van der Waals surface area contributed by atoms with Gasteiger partial charge >= 0.3 is 0 Å². The highest BCUT2D eigenvalue weighted by atomic mass is 35.5. The number of hydrogen-bond acceptors (Lipinski definition) is 3. The van der Waals surface area contributed by atoms with Crippen LogP contribution in [0.25, 0.3) is 0 Å². The van der Waals surface area contributed by atoms with Crippen molar-refractivity contribution < 1.29 is 9.53 Å². The van der Waals surface area contributed by atoms with E-state index in [1.54, 1.807) is 0 Å². The van der Waals surface area contributed by atoms with Gasteiger partial charge in [-0.15, -0.1) is 0 Å². The van der Waals surface area contributed by atoms with E-state index in [-0.39, 0.29) is 5.41 Å². The third kappa shape index (κ3) is 3.19. The van der Waals surface area contributed by atoms with Crippen molar-refractivity contribution >= 4 is 17.5 Å². The Hall–Kier alpha value is -1.10. The Morgan fingerprint density at radius 1 is 1.17 bits per heavy atom. The molecule has 3 aliphatic rings. The number of amides is 1. The molecule has 0 radical (unpaired) electrons. The van der Waals surface area contributed by atoms with Crippen molar-refractivity contribution in [3.05, 3.63) is 34.9 Å². The second-order valence-electron chi connectivity index (χ2n) is 7.32. The number of hydrogen-bond donors (Lipinski definition) is 0. The van der Waals surface area contributed by atoms with Crippen LogP contribution in [0, 0.1) is 0 Å². The van der Waals surface area contributed by atoms with Gasteiger partial charge in [0.05, 0.1) is 11.5 Å². The van der Waals surface area contributed by atoms with E-state index < -0.39 is 0 Å².